The highest BCUT2D eigenvalue weighted by Crippen LogP contribution is 2.14. The summed E-state index contributed by atoms with van der Waals surface area (Å²) >= 11 is 0. The molecule has 1 fully saturated rings. The van der Waals surface area contributed by atoms with Crippen molar-refractivity contribution in [2.75, 3.05) is 23.7 Å². The molecule has 104 valence electrons. The van der Waals surface area contributed by atoms with Crippen molar-refractivity contribution in [3.63, 3.8) is 0 Å². The lowest BCUT2D eigenvalue weighted by Crippen LogP contribution is -2.51. The molecular weight excluding hydrogens is 250 g/mol. The number of hydrogen-bond donors (Lipinski definition) is 3. The van der Waals surface area contributed by atoms with Gasteiger partial charge in [-0.05, 0) is 12.5 Å². The largest absolute Gasteiger partial charge is 0.366 e. The van der Waals surface area contributed by atoms with Crippen LogP contribution < -0.4 is 16.0 Å². The van der Waals surface area contributed by atoms with E-state index in [-0.39, 0.29) is 0 Å². The van der Waals surface area contributed by atoms with Crippen LogP contribution in [0.4, 0.5) is 11.6 Å². The summed E-state index contributed by atoms with van der Waals surface area (Å²) in [5.41, 5.74) is 1.24. The Morgan fingerprint density at radius 2 is 1.90 bits per heavy atom. The van der Waals surface area contributed by atoms with E-state index in [0.29, 0.717) is 6.04 Å². The molecule has 0 amide bonds. The van der Waals surface area contributed by atoms with Crippen LogP contribution in [0.3, 0.4) is 0 Å². The van der Waals surface area contributed by atoms with Crippen LogP contribution in [0.15, 0.2) is 36.4 Å². The maximum Gasteiger partial charge on any atom is 0.132 e. The summed E-state index contributed by atoms with van der Waals surface area (Å²) in [6.45, 7) is 4.67. The van der Waals surface area contributed by atoms with E-state index in [9.17, 15) is 0 Å². The van der Waals surface area contributed by atoms with Gasteiger partial charge < -0.3 is 16.0 Å². The number of nitrogens with zero attached hydrogens (tertiary/aromatic N) is 2. The third kappa shape index (κ3) is 3.24. The van der Waals surface area contributed by atoms with Crippen LogP contribution in [0.5, 0.6) is 0 Å². The lowest BCUT2D eigenvalue weighted by atomic mass is 10.2. The molecule has 1 aromatic heterocycles. The molecule has 0 spiro atoms. The fourth-order valence-electron chi connectivity index (χ4n) is 2.12. The fourth-order valence-corrected chi connectivity index (χ4v) is 2.12. The van der Waals surface area contributed by atoms with Gasteiger partial charge in [-0.2, -0.15) is 0 Å². The third-order valence-corrected chi connectivity index (χ3v) is 3.29. The van der Waals surface area contributed by atoms with Crippen molar-refractivity contribution in [3.8, 4) is 0 Å². The Labute approximate surface area is 118 Å². The van der Waals surface area contributed by atoms with Crippen molar-refractivity contribution in [1.29, 1.82) is 0 Å². The lowest BCUT2D eigenvalue weighted by Gasteiger charge is -2.28. The number of rotatable bonds is 5. The number of anilines is 2. The van der Waals surface area contributed by atoms with Crippen molar-refractivity contribution in [2.24, 2.45) is 0 Å². The van der Waals surface area contributed by atoms with Crippen molar-refractivity contribution in [1.82, 2.24) is 15.3 Å². The minimum absolute atomic E-state index is 0.478. The molecule has 1 saturated heterocycles. The van der Waals surface area contributed by atoms with Gasteiger partial charge in [-0.1, -0.05) is 30.3 Å². The first kappa shape index (κ1) is 12.9. The fraction of sp³-hybridized carbons (Fsp3) is 0.333. The first-order chi connectivity index (χ1) is 9.79. The van der Waals surface area contributed by atoms with Gasteiger partial charge in [0.15, 0.2) is 0 Å². The summed E-state index contributed by atoms with van der Waals surface area (Å²) in [5, 5.41) is 9.98. The van der Waals surface area contributed by atoms with Gasteiger partial charge >= 0.3 is 0 Å². The quantitative estimate of drug-likeness (QED) is 0.772. The molecule has 0 saturated carbocycles. The molecule has 5 heteroatoms. The second-order valence-electron chi connectivity index (χ2n) is 5.02. The second-order valence-corrected chi connectivity index (χ2v) is 5.02. The van der Waals surface area contributed by atoms with Gasteiger partial charge in [-0.25, -0.2) is 9.97 Å². The van der Waals surface area contributed by atoms with Gasteiger partial charge in [0.2, 0.25) is 0 Å². The highest BCUT2D eigenvalue weighted by Gasteiger charge is 2.16. The van der Waals surface area contributed by atoms with Crippen LogP contribution in [0.2, 0.25) is 0 Å². The zero-order valence-corrected chi connectivity index (χ0v) is 11.6. The monoisotopic (exact) mass is 269 g/mol. The molecule has 1 aliphatic heterocycles. The molecule has 2 heterocycles. The predicted molar refractivity (Wildman–Crippen MR) is 80.8 cm³/mol. The standard InChI is InChI=1S/C15H19N5/c1-11-18-14(17-8-12-5-3-2-4-6-12)7-15(19-11)20-13-9-16-10-13/h2-7,13,16H,8-10H2,1H3,(H2,17,18,19,20). The maximum atomic E-state index is 4.42. The molecule has 0 atom stereocenters. The average molecular weight is 269 g/mol. The van der Waals surface area contributed by atoms with E-state index in [4.69, 9.17) is 0 Å². The topological polar surface area (TPSA) is 61.9 Å². The summed E-state index contributed by atoms with van der Waals surface area (Å²) in [7, 11) is 0. The van der Waals surface area contributed by atoms with Gasteiger partial charge in [0, 0.05) is 25.7 Å². The Bertz CT molecular complexity index is 566. The van der Waals surface area contributed by atoms with E-state index in [1.807, 2.05) is 31.2 Å². The molecule has 3 N–H and O–H groups in total. The number of nitrogens with one attached hydrogen (secondary N) is 3. The molecule has 1 aromatic carbocycles. The van der Waals surface area contributed by atoms with E-state index < -0.39 is 0 Å². The maximum absolute atomic E-state index is 4.42. The van der Waals surface area contributed by atoms with Crippen LogP contribution in [-0.4, -0.2) is 29.1 Å². The number of benzene rings is 1. The summed E-state index contributed by atoms with van der Waals surface area (Å²) in [6, 6.07) is 12.7. The molecule has 0 unspecified atom stereocenters. The molecule has 1 aliphatic rings. The van der Waals surface area contributed by atoms with E-state index in [0.717, 1.165) is 37.1 Å². The molecule has 0 radical (unpaired) electrons. The smallest absolute Gasteiger partial charge is 0.132 e. The minimum atomic E-state index is 0.478. The lowest BCUT2D eigenvalue weighted by molar-refractivity contribution is 0.471. The summed E-state index contributed by atoms with van der Waals surface area (Å²) in [5.74, 6) is 2.52. The van der Waals surface area contributed by atoms with Crippen LogP contribution in [0.1, 0.15) is 11.4 Å². The van der Waals surface area contributed by atoms with Crippen LogP contribution in [0.25, 0.3) is 0 Å². The zero-order chi connectivity index (χ0) is 13.8. The van der Waals surface area contributed by atoms with Crippen molar-refractivity contribution in [2.45, 2.75) is 19.5 Å². The average Bonchev–Trinajstić information content (AvgIpc) is 2.41. The summed E-state index contributed by atoms with van der Waals surface area (Å²) in [4.78, 5) is 8.84. The molecular formula is C15H19N5. The van der Waals surface area contributed by atoms with E-state index in [1.165, 1.54) is 5.56 Å². The molecule has 20 heavy (non-hydrogen) atoms. The normalized spacial score (nSPS) is 14.7. The van der Waals surface area contributed by atoms with E-state index >= 15 is 0 Å². The highest BCUT2D eigenvalue weighted by molar-refractivity contribution is 5.48. The predicted octanol–water partition coefficient (Wildman–Crippen LogP) is 1.78. The van der Waals surface area contributed by atoms with Gasteiger partial charge in [-0.3, -0.25) is 0 Å². The Balaban J connectivity index is 1.66. The minimum Gasteiger partial charge on any atom is -0.366 e. The molecule has 3 rings (SSSR count). The molecule has 2 aromatic rings. The number of hydrogen-bond acceptors (Lipinski definition) is 5. The van der Waals surface area contributed by atoms with Gasteiger partial charge in [0.1, 0.15) is 17.5 Å². The molecule has 0 bridgehead atoms. The Morgan fingerprint density at radius 3 is 2.60 bits per heavy atom. The third-order valence-electron chi connectivity index (χ3n) is 3.29. The first-order valence-electron chi connectivity index (χ1n) is 6.90. The van der Waals surface area contributed by atoms with Gasteiger partial charge in [0.05, 0.1) is 6.04 Å². The SMILES string of the molecule is Cc1nc(NCc2ccccc2)cc(NC2CNC2)n1. The first-order valence-corrected chi connectivity index (χ1v) is 6.90. The van der Waals surface area contributed by atoms with Gasteiger partial charge in [0.25, 0.3) is 0 Å². The van der Waals surface area contributed by atoms with E-state index in [1.54, 1.807) is 0 Å². The second kappa shape index (κ2) is 5.88. The van der Waals surface area contributed by atoms with Crippen molar-refractivity contribution >= 4 is 11.6 Å². The highest BCUT2D eigenvalue weighted by atomic mass is 15.1. The van der Waals surface area contributed by atoms with Gasteiger partial charge in [-0.15, -0.1) is 0 Å². The number of aromatic nitrogens is 2. The molecule has 0 aliphatic carbocycles. The van der Waals surface area contributed by atoms with E-state index in [2.05, 4.69) is 38.1 Å². The Hall–Kier alpha value is -2.14. The Kier molecular flexibility index (Phi) is 3.78. The van der Waals surface area contributed by atoms with Crippen LogP contribution >= 0.6 is 0 Å². The number of aryl methyl sites for hydroxylation is 1. The Morgan fingerprint density at radius 1 is 1.15 bits per heavy atom. The van der Waals surface area contributed by atoms with Crippen LogP contribution in [-0.2, 0) is 6.54 Å². The summed E-state index contributed by atoms with van der Waals surface area (Å²) in [6.07, 6.45) is 0. The summed E-state index contributed by atoms with van der Waals surface area (Å²) < 4.78 is 0. The van der Waals surface area contributed by atoms with Crippen molar-refractivity contribution < 1.29 is 0 Å². The van der Waals surface area contributed by atoms with Crippen molar-refractivity contribution in [3.05, 3.63) is 47.8 Å². The molecule has 5 nitrogen and oxygen atoms in total. The van der Waals surface area contributed by atoms with Crippen LogP contribution in [0, 0.1) is 6.92 Å². The zero-order valence-electron chi connectivity index (χ0n) is 11.6.